The van der Waals surface area contributed by atoms with Crippen LogP contribution in [0.1, 0.15) is 49.7 Å². The van der Waals surface area contributed by atoms with Gasteiger partial charge in [-0.1, -0.05) is 17.7 Å². The maximum atomic E-state index is 6.11. The second kappa shape index (κ2) is 8.60. The number of hydrogen-bond acceptors (Lipinski definition) is 4. The summed E-state index contributed by atoms with van der Waals surface area (Å²) >= 11 is 7.87. The Balaban J connectivity index is 1.73. The number of ether oxygens (including phenoxy) is 1. The van der Waals surface area contributed by atoms with Crippen molar-refractivity contribution in [3.63, 3.8) is 0 Å². The van der Waals surface area contributed by atoms with Crippen LogP contribution in [0.15, 0.2) is 29.8 Å². The number of likely N-dealkylation sites (tertiary alicyclic amines) is 1. The number of aromatic nitrogens is 1. The molecule has 0 saturated carbocycles. The Bertz CT molecular complexity index is 743. The minimum Gasteiger partial charge on any atom is -0.381 e. The van der Waals surface area contributed by atoms with E-state index in [-0.39, 0.29) is 11.0 Å². The molecule has 148 valence electrons. The zero-order chi connectivity index (χ0) is 19.5. The van der Waals surface area contributed by atoms with Gasteiger partial charge in [0.1, 0.15) is 0 Å². The molecule has 3 rings (SSSR count). The lowest BCUT2D eigenvalue weighted by atomic mass is 9.82. The maximum absolute atomic E-state index is 6.11. The monoisotopic (exact) mass is 406 g/mol. The summed E-state index contributed by atoms with van der Waals surface area (Å²) in [4.78, 5) is 8.50. The highest BCUT2D eigenvalue weighted by molar-refractivity contribution is 7.10. The Hall–Kier alpha value is -0.940. The van der Waals surface area contributed by atoms with Gasteiger partial charge in [-0.15, -0.1) is 11.3 Å². The molecule has 2 aromatic heterocycles. The first kappa shape index (κ1) is 20.8. The zero-order valence-corrected chi connectivity index (χ0v) is 18.5. The fourth-order valence-corrected chi connectivity index (χ4v) is 5.09. The van der Waals surface area contributed by atoms with Crippen molar-refractivity contribution in [3.8, 4) is 0 Å². The fourth-order valence-electron chi connectivity index (χ4n) is 4.01. The minimum atomic E-state index is -0.0269. The van der Waals surface area contributed by atoms with Crippen LogP contribution in [-0.4, -0.2) is 36.2 Å². The molecule has 5 heteroatoms. The number of hydrogen-bond donors (Lipinski definition) is 0. The number of halogens is 1. The van der Waals surface area contributed by atoms with Gasteiger partial charge in [-0.05, 0) is 71.2 Å². The second-order valence-corrected chi connectivity index (χ2v) is 9.72. The summed E-state index contributed by atoms with van der Waals surface area (Å²) < 4.78 is 5.94. The van der Waals surface area contributed by atoms with Crippen molar-refractivity contribution in [2.24, 2.45) is 5.41 Å². The quantitative estimate of drug-likeness (QED) is 0.562. The summed E-state index contributed by atoms with van der Waals surface area (Å²) in [7, 11) is 0. The first-order valence-electron chi connectivity index (χ1n) is 9.83. The van der Waals surface area contributed by atoms with E-state index < -0.39 is 0 Å². The van der Waals surface area contributed by atoms with E-state index in [1.807, 2.05) is 18.5 Å². The molecule has 1 atom stereocenters. The van der Waals surface area contributed by atoms with E-state index >= 15 is 0 Å². The van der Waals surface area contributed by atoms with Gasteiger partial charge in [0.05, 0.1) is 11.6 Å². The maximum Gasteiger partial charge on any atom is 0.0535 e. The highest BCUT2D eigenvalue weighted by Crippen LogP contribution is 2.42. The van der Waals surface area contributed by atoms with Gasteiger partial charge in [-0.3, -0.25) is 9.88 Å². The van der Waals surface area contributed by atoms with Crippen LogP contribution in [0.25, 0.3) is 0 Å². The largest absolute Gasteiger partial charge is 0.381 e. The Kier molecular flexibility index (Phi) is 6.62. The summed E-state index contributed by atoms with van der Waals surface area (Å²) in [6.07, 6.45) is 5.42. The fraction of sp³-hybridized carbons (Fsp3) is 0.591. The van der Waals surface area contributed by atoms with Crippen LogP contribution in [0.4, 0.5) is 0 Å². The Labute approximate surface area is 172 Å². The highest BCUT2D eigenvalue weighted by Gasteiger charge is 2.43. The first-order valence-corrected chi connectivity index (χ1v) is 11.1. The number of nitrogens with zero attached hydrogens (tertiary/aromatic N) is 2. The van der Waals surface area contributed by atoms with Crippen LogP contribution in [0.3, 0.4) is 0 Å². The van der Waals surface area contributed by atoms with Crippen LogP contribution in [0, 0.1) is 12.3 Å². The van der Waals surface area contributed by atoms with Gasteiger partial charge in [-0.25, -0.2) is 0 Å². The van der Waals surface area contributed by atoms with Crippen molar-refractivity contribution in [2.45, 2.75) is 52.5 Å². The summed E-state index contributed by atoms with van der Waals surface area (Å²) in [5.41, 5.74) is 2.53. The summed E-state index contributed by atoms with van der Waals surface area (Å²) in [6, 6.07) is 6.44. The molecule has 3 heterocycles. The van der Waals surface area contributed by atoms with E-state index in [0.717, 1.165) is 49.9 Å². The van der Waals surface area contributed by atoms with Gasteiger partial charge in [0, 0.05) is 46.3 Å². The third kappa shape index (κ3) is 4.92. The van der Waals surface area contributed by atoms with Crippen LogP contribution in [0.2, 0.25) is 5.02 Å². The third-order valence-corrected chi connectivity index (χ3v) is 7.33. The molecule has 1 fully saturated rings. The van der Waals surface area contributed by atoms with Crippen molar-refractivity contribution in [2.75, 3.05) is 26.3 Å². The van der Waals surface area contributed by atoms with E-state index in [2.05, 4.69) is 48.9 Å². The lowest BCUT2D eigenvalue weighted by Crippen LogP contribution is -2.42. The molecular weight excluding hydrogens is 376 g/mol. The van der Waals surface area contributed by atoms with Crippen LogP contribution >= 0.6 is 22.9 Å². The molecule has 3 nitrogen and oxygen atoms in total. The lowest BCUT2D eigenvalue weighted by Gasteiger charge is -2.38. The molecule has 1 aliphatic rings. The average Bonchev–Trinajstić information content (AvgIpc) is 3.26. The van der Waals surface area contributed by atoms with Crippen molar-refractivity contribution in [1.29, 1.82) is 0 Å². The normalized spacial score (nSPS) is 21.1. The van der Waals surface area contributed by atoms with Crippen LogP contribution < -0.4 is 0 Å². The first-order chi connectivity index (χ1) is 12.8. The number of pyridine rings is 1. The molecular formula is C22H31ClN2OS. The van der Waals surface area contributed by atoms with Gasteiger partial charge in [-0.2, -0.15) is 0 Å². The molecule has 0 amide bonds. The van der Waals surface area contributed by atoms with Gasteiger partial charge < -0.3 is 4.74 Å². The SMILES string of the molecule is CCOC[C@]1(CCc2cc(Cl)cs2)CCN(C(C)(C)c2ccc(C)nc2)C1. The highest BCUT2D eigenvalue weighted by atomic mass is 35.5. The number of aryl methyl sites for hydroxylation is 2. The second-order valence-electron chi connectivity index (χ2n) is 8.29. The number of rotatable bonds is 8. The molecule has 0 N–H and O–H groups in total. The van der Waals surface area contributed by atoms with E-state index in [9.17, 15) is 0 Å². The predicted octanol–water partition coefficient (Wildman–Crippen LogP) is 5.70. The zero-order valence-electron chi connectivity index (χ0n) is 16.9. The van der Waals surface area contributed by atoms with Crippen LogP contribution in [0.5, 0.6) is 0 Å². The number of thiophene rings is 1. The average molecular weight is 407 g/mol. The predicted molar refractivity (Wildman–Crippen MR) is 115 cm³/mol. The Morgan fingerprint density at radius 2 is 2.19 bits per heavy atom. The van der Waals surface area contributed by atoms with E-state index in [4.69, 9.17) is 16.3 Å². The van der Waals surface area contributed by atoms with Crippen LogP contribution in [-0.2, 0) is 16.7 Å². The molecule has 1 saturated heterocycles. The molecule has 1 aliphatic heterocycles. The Morgan fingerprint density at radius 3 is 2.81 bits per heavy atom. The molecule has 0 radical (unpaired) electrons. The van der Waals surface area contributed by atoms with Gasteiger partial charge in [0.2, 0.25) is 0 Å². The molecule has 0 spiro atoms. The van der Waals surface area contributed by atoms with Crippen molar-refractivity contribution in [3.05, 3.63) is 50.9 Å². The van der Waals surface area contributed by atoms with Crippen molar-refractivity contribution >= 4 is 22.9 Å². The van der Waals surface area contributed by atoms with Gasteiger partial charge in [0.25, 0.3) is 0 Å². The topological polar surface area (TPSA) is 25.4 Å². The summed E-state index contributed by atoms with van der Waals surface area (Å²) in [6.45, 7) is 12.5. The summed E-state index contributed by atoms with van der Waals surface area (Å²) in [5.74, 6) is 0. The standard InChI is InChI=1S/C22H31ClN2OS/c1-5-26-16-22(9-8-20-12-19(23)14-27-20)10-11-25(15-22)21(3,4)18-7-6-17(2)24-13-18/h6-7,12-14H,5,8-11,15-16H2,1-4H3/t22-/m1/s1. The Morgan fingerprint density at radius 1 is 1.37 bits per heavy atom. The minimum absolute atomic E-state index is 0.0269. The third-order valence-electron chi connectivity index (χ3n) is 5.98. The van der Waals surface area contributed by atoms with Gasteiger partial charge in [0.15, 0.2) is 0 Å². The molecule has 0 aliphatic carbocycles. The van der Waals surface area contributed by atoms with E-state index in [1.54, 1.807) is 11.3 Å². The van der Waals surface area contributed by atoms with E-state index in [0.29, 0.717) is 0 Å². The molecule has 27 heavy (non-hydrogen) atoms. The van der Waals surface area contributed by atoms with Gasteiger partial charge >= 0.3 is 0 Å². The van der Waals surface area contributed by atoms with E-state index in [1.165, 1.54) is 16.9 Å². The molecule has 0 unspecified atom stereocenters. The van der Waals surface area contributed by atoms with Crippen molar-refractivity contribution < 1.29 is 4.74 Å². The smallest absolute Gasteiger partial charge is 0.0535 e. The lowest BCUT2D eigenvalue weighted by molar-refractivity contribution is 0.0386. The molecule has 0 aromatic carbocycles. The van der Waals surface area contributed by atoms with Crippen molar-refractivity contribution in [1.82, 2.24) is 9.88 Å². The molecule has 2 aromatic rings. The summed E-state index contributed by atoms with van der Waals surface area (Å²) in [5, 5.41) is 2.88. The molecule has 0 bridgehead atoms.